The van der Waals surface area contributed by atoms with E-state index in [0.717, 1.165) is 5.47 Å². The third-order valence-electron chi connectivity index (χ3n) is 4.36. The normalized spacial score (nSPS) is 20.2. The zero-order valence-electron chi connectivity index (χ0n) is 15.3. The molecule has 0 unspecified atom stereocenters. The molecular weight excluding hydrogens is 303 g/mol. The number of aromatic nitrogens is 2. The number of aryl methyl sites for hydroxylation is 1. The fraction of sp³-hybridized carbons (Fsp3) is 0.471. The second-order valence-electron chi connectivity index (χ2n) is 6.68. The summed E-state index contributed by atoms with van der Waals surface area (Å²) in [7, 11) is -0.453. The molecule has 2 heterocycles. The van der Waals surface area contributed by atoms with Crippen LogP contribution in [0.2, 0.25) is 0 Å². The number of hydrogen-bond acceptors (Lipinski definition) is 6. The molecule has 0 amide bonds. The molecule has 6 nitrogen and oxygen atoms in total. The van der Waals surface area contributed by atoms with Crippen molar-refractivity contribution in [3.8, 4) is 0 Å². The first-order valence-corrected chi connectivity index (χ1v) is 7.95. The molecule has 1 aliphatic heterocycles. The lowest BCUT2D eigenvalue weighted by atomic mass is 9.78. The van der Waals surface area contributed by atoms with E-state index >= 15 is 0 Å². The molecule has 0 aromatic carbocycles. The van der Waals surface area contributed by atoms with Crippen LogP contribution in [0.4, 0.5) is 5.82 Å². The van der Waals surface area contributed by atoms with E-state index < -0.39 is 18.3 Å². The highest BCUT2D eigenvalue weighted by Crippen LogP contribution is 2.38. The predicted octanol–water partition coefficient (Wildman–Crippen LogP) is 3.32. The van der Waals surface area contributed by atoms with Gasteiger partial charge in [0.15, 0.2) is 0 Å². The predicted molar refractivity (Wildman–Crippen MR) is 97.9 cm³/mol. The Morgan fingerprint density at radius 2 is 1.92 bits per heavy atom. The molecular formula is C17H25BN4O2. The van der Waals surface area contributed by atoms with Gasteiger partial charge in [0.05, 0.1) is 11.2 Å². The van der Waals surface area contributed by atoms with E-state index in [-0.39, 0.29) is 0 Å². The zero-order chi connectivity index (χ0) is 18.0. The van der Waals surface area contributed by atoms with Crippen molar-refractivity contribution >= 4 is 19.7 Å². The number of rotatable bonds is 5. The van der Waals surface area contributed by atoms with Crippen LogP contribution in [0.25, 0.3) is 0 Å². The average Bonchev–Trinajstić information content (AvgIpc) is 2.71. The first kappa shape index (κ1) is 18.4. The van der Waals surface area contributed by atoms with Gasteiger partial charge in [-0.2, -0.15) is 0 Å². The minimum Gasteiger partial charge on any atom is -0.399 e. The summed E-state index contributed by atoms with van der Waals surface area (Å²) >= 11 is 0. The Balaban J connectivity index is 2.21. The Hall–Kier alpha value is -1.99. The summed E-state index contributed by atoms with van der Waals surface area (Å²) in [5, 5.41) is 3.13. The van der Waals surface area contributed by atoms with Gasteiger partial charge in [-0.1, -0.05) is 6.08 Å². The number of hydrogen-bond donors (Lipinski definition) is 1. The summed E-state index contributed by atoms with van der Waals surface area (Å²) in [4.78, 5) is 12.4. The van der Waals surface area contributed by atoms with Crippen molar-refractivity contribution in [2.75, 3.05) is 5.32 Å². The van der Waals surface area contributed by atoms with Crippen molar-refractivity contribution in [2.45, 2.75) is 52.7 Å². The van der Waals surface area contributed by atoms with E-state index in [1.54, 1.807) is 12.3 Å². The number of anilines is 1. The highest BCUT2D eigenvalue weighted by atomic mass is 16.7. The van der Waals surface area contributed by atoms with Crippen LogP contribution in [0.5, 0.6) is 0 Å². The van der Waals surface area contributed by atoms with Crippen molar-refractivity contribution in [3.63, 3.8) is 0 Å². The van der Waals surface area contributed by atoms with Gasteiger partial charge in [0.25, 0.3) is 0 Å². The van der Waals surface area contributed by atoms with E-state index in [1.165, 1.54) is 0 Å². The minimum absolute atomic E-state index is 0.390. The van der Waals surface area contributed by atoms with Gasteiger partial charge in [0, 0.05) is 6.20 Å². The van der Waals surface area contributed by atoms with Gasteiger partial charge in [0.1, 0.15) is 17.5 Å². The zero-order valence-corrected chi connectivity index (χ0v) is 15.3. The van der Waals surface area contributed by atoms with E-state index in [2.05, 4.69) is 27.0 Å². The van der Waals surface area contributed by atoms with Crippen LogP contribution in [0, 0.1) is 6.92 Å². The summed E-state index contributed by atoms with van der Waals surface area (Å²) in [5.74, 6) is 1.90. The maximum Gasteiger partial charge on any atom is 0.494 e. The lowest BCUT2D eigenvalue weighted by Gasteiger charge is -2.32. The standard InChI is InChI=1S/C17H25BN4O2/c1-8-13(18-23-16(3,4)17(5,6)24-18)11-15(19-7)22-14-9-10-20-12(2)21-14/h8-11H,7H2,1-6H3,(H,20,21,22)/b13-8+,15-11+. The van der Waals surface area contributed by atoms with Crippen molar-refractivity contribution in [3.05, 3.63) is 41.5 Å². The smallest absolute Gasteiger partial charge is 0.399 e. The SMILES string of the molecule is C=N/C(=C\C(=C/C)B1OC(C)(C)C(C)(C)O1)Nc1ccnc(C)n1. The van der Waals surface area contributed by atoms with Crippen LogP contribution in [0.3, 0.4) is 0 Å². The number of nitrogens with zero attached hydrogens (tertiary/aromatic N) is 3. The van der Waals surface area contributed by atoms with E-state index in [9.17, 15) is 0 Å². The molecule has 1 N–H and O–H groups in total. The first-order chi connectivity index (χ1) is 11.2. The average molecular weight is 328 g/mol. The number of nitrogens with one attached hydrogen (secondary N) is 1. The molecule has 0 atom stereocenters. The number of allylic oxidation sites excluding steroid dienone is 3. The van der Waals surface area contributed by atoms with Gasteiger partial charge in [-0.25, -0.2) is 15.0 Å². The van der Waals surface area contributed by atoms with Crippen LogP contribution < -0.4 is 5.32 Å². The lowest BCUT2D eigenvalue weighted by Crippen LogP contribution is -2.41. The Kier molecular flexibility index (Phi) is 5.25. The molecule has 0 saturated carbocycles. The van der Waals surface area contributed by atoms with Crippen molar-refractivity contribution < 1.29 is 9.31 Å². The van der Waals surface area contributed by atoms with Crippen LogP contribution in [0.1, 0.15) is 40.4 Å². The summed E-state index contributed by atoms with van der Waals surface area (Å²) in [6.45, 7) is 15.5. The van der Waals surface area contributed by atoms with Crippen molar-refractivity contribution in [1.82, 2.24) is 9.97 Å². The molecule has 1 saturated heterocycles. The van der Waals surface area contributed by atoms with Gasteiger partial charge < -0.3 is 14.6 Å². The van der Waals surface area contributed by atoms with Crippen molar-refractivity contribution in [1.29, 1.82) is 0 Å². The Bertz CT molecular complexity index is 667. The molecule has 2 rings (SSSR count). The highest BCUT2D eigenvalue weighted by molar-refractivity contribution is 6.55. The third kappa shape index (κ3) is 3.91. The molecule has 7 heteroatoms. The largest absolute Gasteiger partial charge is 0.494 e. The third-order valence-corrected chi connectivity index (χ3v) is 4.36. The second-order valence-corrected chi connectivity index (χ2v) is 6.68. The van der Waals surface area contributed by atoms with Gasteiger partial charge in [0.2, 0.25) is 0 Å². The van der Waals surface area contributed by atoms with Crippen LogP contribution in [-0.2, 0) is 9.31 Å². The Labute approximate surface area is 144 Å². The molecule has 0 radical (unpaired) electrons. The first-order valence-electron chi connectivity index (χ1n) is 7.95. The van der Waals surface area contributed by atoms with Gasteiger partial charge >= 0.3 is 7.12 Å². The summed E-state index contributed by atoms with van der Waals surface area (Å²) in [6.07, 6.45) is 5.49. The monoisotopic (exact) mass is 328 g/mol. The maximum atomic E-state index is 6.08. The summed E-state index contributed by atoms with van der Waals surface area (Å²) in [6, 6.07) is 1.77. The molecule has 24 heavy (non-hydrogen) atoms. The van der Waals surface area contributed by atoms with Crippen molar-refractivity contribution in [2.24, 2.45) is 4.99 Å². The molecule has 0 bridgehead atoms. The van der Waals surface area contributed by atoms with E-state index in [1.807, 2.05) is 53.7 Å². The summed E-state index contributed by atoms with van der Waals surface area (Å²) < 4.78 is 12.2. The topological polar surface area (TPSA) is 68.6 Å². The second kappa shape index (κ2) is 6.87. The molecule has 0 spiro atoms. The van der Waals surface area contributed by atoms with Crippen LogP contribution >= 0.6 is 0 Å². The molecule has 1 aliphatic rings. The van der Waals surface area contributed by atoms with Gasteiger partial charge in [-0.15, -0.1) is 0 Å². The minimum atomic E-state index is -0.453. The van der Waals surface area contributed by atoms with E-state index in [0.29, 0.717) is 17.5 Å². The Morgan fingerprint density at radius 1 is 1.29 bits per heavy atom. The fourth-order valence-corrected chi connectivity index (χ4v) is 2.20. The van der Waals surface area contributed by atoms with E-state index in [4.69, 9.17) is 9.31 Å². The number of aliphatic imine (C=N–C) groups is 1. The molecule has 0 aliphatic carbocycles. The molecule has 128 valence electrons. The highest BCUT2D eigenvalue weighted by Gasteiger charge is 2.52. The Morgan fingerprint density at radius 3 is 2.42 bits per heavy atom. The summed E-state index contributed by atoms with van der Waals surface area (Å²) in [5.41, 5.74) is 0.0895. The molecule has 1 aromatic rings. The van der Waals surface area contributed by atoms with Crippen LogP contribution in [-0.4, -0.2) is 35.0 Å². The quantitative estimate of drug-likeness (QED) is 0.510. The lowest BCUT2D eigenvalue weighted by molar-refractivity contribution is 0.00578. The van der Waals surface area contributed by atoms with Crippen LogP contribution in [0.15, 0.2) is 40.7 Å². The molecule has 1 aromatic heterocycles. The van der Waals surface area contributed by atoms with Gasteiger partial charge in [-0.3, -0.25) is 0 Å². The van der Waals surface area contributed by atoms with Gasteiger partial charge in [-0.05, 0) is 65.9 Å². The fourth-order valence-electron chi connectivity index (χ4n) is 2.20. The maximum absolute atomic E-state index is 6.08. The molecule has 1 fully saturated rings.